The SMILES string of the molecule is Cc1ccc(NC(=O)NNC(=O)c2ccc(Cn3cccn3)o2)cc1. The zero-order valence-electron chi connectivity index (χ0n) is 13.5. The van der Waals surface area contributed by atoms with Gasteiger partial charge in [0.15, 0.2) is 5.76 Å². The van der Waals surface area contributed by atoms with E-state index >= 15 is 0 Å². The van der Waals surface area contributed by atoms with E-state index in [-0.39, 0.29) is 5.76 Å². The lowest BCUT2D eigenvalue weighted by Crippen LogP contribution is -2.43. The largest absolute Gasteiger partial charge is 0.454 e. The second-order valence-electron chi connectivity index (χ2n) is 5.37. The van der Waals surface area contributed by atoms with Gasteiger partial charge in [-0.3, -0.25) is 14.9 Å². The number of benzene rings is 1. The Kier molecular flexibility index (Phi) is 4.79. The van der Waals surface area contributed by atoms with Crippen molar-refractivity contribution in [3.63, 3.8) is 0 Å². The highest BCUT2D eigenvalue weighted by Crippen LogP contribution is 2.09. The normalized spacial score (nSPS) is 10.3. The van der Waals surface area contributed by atoms with Crippen LogP contribution >= 0.6 is 0 Å². The highest BCUT2D eigenvalue weighted by atomic mass is 16.4. The quantitative estimate of drug-likeness (QED) is 0.635. The van der Waals surface area contributed by atoms with Gasteiger partial charge in [-0.05, 0) is 37.3 Å². The monoisotopic (exact) mass is 339 g/mol. The van der Waals surface area contributed by atoms with E-state index < -0.39 is 11.9 Å². The summed E-state index contributed by atoms with van der Waals surface area (Å²) in [5, 5.41) is 6.67. The average molecular weight is 339 g/mol. The molecule has 0 spiro atoms. The van der Waals surface area contributed by atoms with E-state index in [4.69, 9.17) is 4.42 Å². The van der Waals surface area contributed by atoms with Crippen molar-refractivity contribution in [2.24, 2.45) is 0 Å². The minimum Gasteiger partial charge on any atom is -0.454 e. The van der Waals surface area contributed by atoms with Crippen molar-refractivity contribution in [2.45, 2.75) is 13.5 Å². The molecule has 1 aromatic carbocycles. The Morgan fingerprint density at radius 2 is 1.92 bits per heavy atom. The lowest BCUT2D eigenvalue weighted by molar-refractivity contribution is 0.0908. The number of aromatic nitrogens is 2. The summed E-state index contributed by atoms with van der Waals surface area (Å²) in [6.07, 6.45) is 3.45. The fraction of sp³-hybridized carbons (Fsp3) is 0.118. The molecule has 2 heterocycles. The molecule has 0 saturated heterocycles. The molecular formula is C17H17N5O3. The molecular weight excluding hydrogens is 322 g/mol. The molecule has 2 aromatic heterocycles. The number of carbonyl (C=O) groups is 2. The minimum atomic E-state index is -0.555. The third kappa shape index (κ3) is 4.47. The molecule has 0 fully saturated rings. The van der Waals surface area contributed by atoms with Crippen molar-refractivity contribution in [2.75, 3.05) is 5.32 Å². The topological polar surface area (TPSA) is 101 Å². The first-order chi connectivity index (χ1) is 12.1. The first-order valence-electron chi connectivity index (χ1n) is 7.60. The van der Waals surface area contributed by atoms with E-state index in [9.17, 15) is 9.59 Å². The van der Waals surface area contributed by atoms with Gasteiger partial charge in [0.05, 0.1) is 6.54 Å². The van der Waals surface area contributed by atoms with Crippen LogP contribution in [0.2, 0.25) is 0 Å². The third-order valence-electron chi connectivity index (χ3n) is 3.36. The number of anilines is 1. The number of furan rings is 1. The van der Waals surface area contributed by atoms with Crippen LogP contribution in [0.25, 0.3) is 0 Å². The van der Waals surface area contributed by atoms with Crippen LogP contribution in [0.3, 0.4) is 0 Å². The standard InChI is InChI=1S/C17H17N5O3/c1-12-3-5-13(6-4-12)19-17(24)21-20-16(23)15-8-7-14(25-15)11-22-10-2-9-18-22/h2-10H,11H2,1H3,(H,20,23)(H2,19,21,24). The summed E-state index contributed by atoms with van der Waals surface area (Å²) in [4.78, 5) is 23.8. The molecule has 3 rings (SSSR count). The number of carbonyl (C=O) groups excluding carboxylic acids is 2. The van der Waals surface area contributed by atoms with Gasteiger partial charge in [-0.15, -0.1) is 0 Å². The maximum Gasteiger partial charge on any atom is 0.337 e. The van der Waals surface area contributed by atoms with Crippen molar-refractivity contribution in [3.05, 3.63) is 71.9 Å². The molecule has 8 nitrogen and oxygen atoms in total. The molecule has 0 unspecified atom stereocenters. The zero-order chi connectivity index (χ0) is 17.6. The van der Waals surface area contributed by atoms with E-state index in [1.165, 1.54) is 6.07 Å². The summed E-state index contributed by atoms with van der Waals surface area (Å²) in [5.41, 5.74) is 6.27. The molecule has 0 radical (unpaired) electrons. The number of nitrogens with zero attached hydrogens (tertiary/aromatic N) is 2. The lowest BCUT2D eigenvalue weighted by Gasteiger charge is -2.08. The predicted molar refractivity (Wildman–Crippen MR) is 90.8 cm³/mol. The van der Waals surface area contributed by atoms with Crippen LogP contribution in [-0.2, 0) is 6.54 Å². The van der Waals surface area contributed by atoms with Gasteiger partial charge < -0.3 is 9.73 Å². The fourth-order valence-corrected chi connectivity index (χ4v) is 2.11. The number of hydrazine groups is 1. The van der Waals surface area contributed by atoms with E-state index in [0.29, 0.717) is 18.0 Å². The number of hydrogen-bond donors (Lipinski definition) is 3. The zero-order valence-corrected chi connectivity index (χ0v) is 13.5. The molecule has 3 amide bonds. The highest BCUT2D eigenvalue weighted by Gasteiger charge is 2.12. The van der Waals surface area contributed by atoms with Crippen LogP contribution in [0.15, 0.2) is 59.3 Å². The second-order valence-corrected chi connectivity index (χ2v) is 5.37. The third-order valence-corrected chi connectivity index (χ3v) is 3.36. The number of hydrogen-bond acceptors (Lipinski definition) is 4. The number of rotatable bonds is 4. The van der Waals surface area contributed by atoms with Crippen LogP contribution in [-0.4, -0.2) is 21.7 Å². The Morgan fingerprint density at radius 3 is 2.64 bits per heavy atom. The van der Waals surface area contributed by atoms with Crippen LogP contribution in [0.1, 0.15) is 21.9 Å². The minimum absolute atomic E-state index is 0.0952. The first kappa shape index (κ1) is 16.3. The van der Waals surface area contributed by atoms with Crippen molar-refractivity contribution in [1.82, 2.24) is 20.6 Å². The van der Waals surface area contributed by atoms with Crippen molar-refractivity contribution in [1.29, 1.82) is 0 Å². The van der Waals surface area contributed by atoms with Gasteiger partial charge >= 0.3 is 11.9 Å². The molecule has 3 aromatic rings. The Labute approximate surface area is 143 Å². The molecule has 0 bridgehead atoms. The number of amides is 3. The van der Waals surface area contributed by atoms with Gasteiger partial charge in [0.2, 0.25) is 0 Å². The summed E-state index contributed by atoms with van der Waals surface area (Å²) in [6.45, 7) is 2.37. The summed E-state index contributed by atoms with van der Waals surface area (Å²) in [6, 6.07) is 11.7. The smallest absolute Gasteiger partial charge is 0.337 e. The molecule has 3 N–H and O–H groups in total. The van der Waals surface area contributed by atoms with Crippen LogP contribution in [0, 0.1) is 6.92 Å². The van der Waals surface area contributed by atoms with Gasteiger partial charge in [-0.2, -0.15) is 5.10 Å². The number of urea groups is 1. The predicted octanol–water partition coefficient (Wildman–Crippen LogP) is 2.30. The van der Waals surface area contributed by atoms with Gasteiger partial charge in [0.25, 0.3) is 0 Å². The van der Waals surface area contributed by atoms with Gasteiger partial charge in [0, 0.05) is 18.1 Å². The van der Waals surface area contributed by atoms with E-state index in [1.807, 2.05) is 19.1 Å². The Balaban J connectivity index is 1.49. The Hall–Kier alpha value is -3.55. The van der Waals surface area contributed by atoms with Crippen molar-refractivity contribution < 1.29 is 14.0 Å². The maximum atomic E-state index is 12.0. The molecule has 0 saturated carbocycles. The Bertz CT molecular complexity index is 853. The summed E-state index contributed by atoms with van der Waals surface area (Å²) in [5.74, 6) is 0.126. The molecule has 0 aliphatic heterocycles. The van der Waals surface area contributed by atoms with E-state index in [1.54, 1.807) is 41.3 Å². The second kappa shape index (κ2) is 7.35. The maximum absolute atomic E-state index is 12.0. The molecule has 8 heteroatoms. The molecule has 0 aliphatic carbocycles. The Morgan fingerprint density at radius 1 is 1.12 bits per heavy atom. The van der Waals surface area contributed by atoms with Crippen molar-refractivity contribution >= 4 is 17.6 Å². The van der Waals surface area contributed by atoms with Crippen molar-refractivity contribution in [3.8, 4) is 0 Å². The van der Waals surface area contributed by atoms with Crippen LogP contribution in [0.5, 0.6) is 0 Å². The summed E-state index contributed by atoms with van der Waals surface area (Å²) >= 11 is 0. The molecule has 128 valence electrons. The lowest BCUT2D eigenvalue weighted by atomic mass is 10.2. The van der Waals surface area contributed by atoms with E-state index in [0.717, 1.165) is 5.56 Å². The molecule has 25 heavy (non-hydrogen) atoms. The summed E-state index contributed by atoms with van der Waals surface area (Å²) < 4.78 is 7.11. The summed E-state index contributed by atoms with van der Waals surface area (Å²) in [7, 11) is 0. The van der Waals surface area contributed by atoms with E-state index in [2.05, 4.69) is 21.3 Å². The fourth-order valence-electron chi connectivity index (χ4n) is 2.11. The average Bonchev–Trinajstić information content (AvgIpc) is 3.27. The van der Waals surface area contributed by atoms with Crippen LogP contribution < -0.4 is 16.2 Å². The highest BCUT2D eigenvalue weighted by molar-refractivity contribution is 5.95. The first-order valence-corrected chi connectivity index (χ1v) is 7.60. The van der Waals surface area contributed by atoms with Gasteiger partial charge in [0.1, 0.15) is 5.76 Å². The number of nitrogens with one attached hydrogen (secondary N) is 3. The molecule has 0 aliphatic rings. The van der Waals surface area contributed by atoms with Gasteiger partial charge in [-0.25, -0.2) is 10.2 Å². The van der Waals surface area contributed by atoms with Crippen LogP contribution in [0.4, 0.5) is 10.5 Å². The van der Waals surface area contributed by atoms with Gasteiger partial charge in [-0.1, -0.05) is 17.7 Å². The molecule has 0 atom stereocenters. The number of aryl methyl sites for hydroxylation is 1.